The van der Waals surface area contributed by atoms with E-state index in [4.69, 9.17) is 9.47 Å². The molecule has 3 heterocycles. The van der Waals surface area contributed by atoms with Crippen molar-refractivity contribution in [3.8, 4) is 11.5 Å². The molecule has 1 N–H and O–H groups in total. The van der Waals surface area contributed by atoms with Gasteiger partial charge in [0.05, 0.1) is 30.8 Å². The summed E-state index contributed by atoms with van der Waals surface area (Å²) in [4.78, 5) is 20.2. The molecule has 4 aromatic rings. The summed E-state index contributed by atoms with van der Waals surface area (Å²) in [5.74, 6) is 2.36. The first-order valence-corrected chi connectivity index (χ1v) is 12.6. The van der Waals surface area contributed by atoms with Gasteiger partial charge in [0.25, 0.3) is 0 Å². The number of fused-ring (bicyclic) bond motifs is 1. The van der Waals surface area contributed by atoms with Gasteiger partial charge in [0, 0.05) is 31.7 Å². The van der Waals surface area contributed by atoms with Crippen molar-refractivity contribution in [3.05, 3.63) is 70.7 Å². The standard InChI is InChI=1S/C27H34N6O3/c1-19-8-9-22(35-3)16-25(19)36-20(2)10-13-31-14-11-21(12-15-31)33-24-7-5-4-6-23(24)32(27(33)34)17-26-28-18-29-30-26/h4-9,16,18,20-21H,10-15,17H2,1-3H3,(H,28,29,30). The highest BCUT2D eigenvalue weighted by Crippen LogP contribution is 2.28. The predicted molar refractivity (Wildman–Crippen MR) is 139 cm³/mol. The Morgan fingerprint density at radius 3 is 2.64 bits per heavy atom. The van der Waals surface area contributed by atoms with Gasteiger partial charge < -0.3 is 14.4 Å². The van der Waals surface area contributed by atoms with Gasteiger partial charge in [-0.1, -0.05) is 18.2 Å². The Balaban J connectivity index is 1.21. The summed E-state index contributed by atoms with van der Waals surface area (Å²) >= 11 is 0. The van der Waals surface area contributed by atoms with Crippen LogP contribution >= 0.6 is 0 Å². The van der Waals surface area contributed by atoms with Gasteiger partial charge in [-0.2, -0.15) is 5.10 Å². The van der Waals surface area contributed by atoms with Crippen molar-refractivity contribution in [1.29, 1.82) is 0 Å². The zero-order valence-corrected chi connectivity index (χ0v) is 21.2. The van der Waals surface area contributed by atoms with Gasteiger partial charge in [0.15, 0.2) is 0 Å². The van der Waals surface area contributed by atoms with Gasteiger partial charge in [-0.3, -0.25) is 14.2 Å². The molecule has 190 valence electrons. The van der Waals surface area contributed by atoms with Crippen LogP contribution in [0.15, 0.2) is 53.6 Å². The molecule has 1 saturated heterocycles. The lowest BCUT2D eigenvalue weighted by Gasteiger charge is -2.33. The summed E-state index contributed by atoms with van der Waals surface area (Å²) in [6.45, 7) is 7.45. The van der Waals surface area contributed by atoms with E-state index in [0.717, 1.165) is 67.0 Å². The van der Waals surface area contributed by atoms with E-state index in [1.54, 1.807) is 11.7 Å². The summed E-state index contributed by atoms with van der Waals surface area (Å²) in [5.41, 5.74) is 3.04. The van der Waals surface area contributed by atoms with Crippen molar-refractivity contribution in [2.45, 2.75) is 51.8 Å². The summed E-state index contributed by atoms with van der Waals surface area (Å²) in [7, 11) is 1.67. The summed E-state index contributed by atoms with van der Waals surface area (Å²) in [5, 5.41) is 6.79. The number of benzene rings is 2. The molecule has 1 aliphatic heterocycles. The Labute approximate surface area is 210 Å². The molecule has 0 amide bonds. The average molecular weight is 491 g/mol. The third kappa shape index (κ3) is 5.02. The fourth-order valence-corrected chi connectivity index (χ4v) is 5.07. The summed E-state index contributed by atoms with van der Waals surface area (Å²) in [6.07, 6.45) is 4.41. The second kappa shape index (κ2) is 10.6. The number of likely N-dealkylation sites (tertiary alicyclic amines) is 1. The quantitative estimate of drug-likeness (QED) is 0.384. The van der Waals surface area contributed by atoms with E-state index in [0.29, 0.717) is 12.4 Å². The smallest absolute Gasteiger partial charge is 0.329 e. The number of rotatable bonds is 9. The molecule has 1 unspecified atom stereocenters. The van der Waals surface area contributed by atoms with Gasteiger partial charge in [-0.25, -0.2) is 9.78 Å². The molecule has 1 fully saturated rings. The fourth-order valence-electron chi connectivity index (χ4n) is 5.07. The Kier molecular flexibility index (Phi) is 7.09. The van der Waals surface area contributed by atoms with E-state index in [1.165, 1.54) is 6.33 Å². The Bertz CT molecular complexity index is 1350. The number of aromatic amines is 1. The second-order valence-corrected chi connectivity index (χ2v) is 9.58. The normalized spacial score (nSPS) is 15.9. The van der Waals surface area contributed by atoms with Gasteiger partial charge in [0.2, 0.25) is 0 Å². The van der Waals surface area contributed by atoms with Crippen LogP contribution in [-0.2, 0) is 6.54 Å². The zero-order chi connectivity index (χ0) is 25.1. The number of para-hydroxylation sites is 2. The van der Waals surface area contributed by atoms with Crippen LogP contribution in [0.1, 0.15) is 43.6 Å². The molecular weight excluding hydrogens is 456 g/mol. The van der Waals surface area contributed by atoms with E-state index in [-0.39, 0.29) is 17.8 Å². The molecule has 1 aliphatic rings. The van der Waals surface area contributed by atoms with Crippen LogP contribution in [0.25, 0.3) is 11.0 Å². The second-order valence-electron chi connectivity index (χ2n) is 9.58. The summed E-state index contributed by atoms with van der Waals surface area (Å²) in [6, 6.07) is 14.1. The number of methoxy groups -OCH3 is 1. The van der Waals surface area contributed by atoms with Gasteiger partial charge in [-0.15, -0.1) is 0 Å². The minimum Gasteiger partial charge on any atom is -0.497 e. The Hall–Kier alpha value is -3.59. The van der Waals surface area contributed by atoms with Crippen LogP contribution in [0.5, 0.6) is 11.5 Å². The topological polar surface area (TPSA) is 90.2 Å². The highest BCUT2D eigenvalue weighted by molar-refractivity contribution is 5.76. The monoisotopic (exact) mass is 490 g/mol. The van der Waals surface area contributed by atoms with Crippen molar-refractivity contribution in [2.75, 3.05) is 26.7 Å². The van der Waals surface area contributed by atoms with Crippen LogP contribution in [0.3, 0.4) is 0 Å². The number of H-pyrrole nitrogens is 1. The van der Waals surface area contributed by atoms with Crippen LogP contribution in [0.4, 0.5) is 0 Å². The molecular formula is C27H34N6O3. The van der Waals surface area contributed by atoms with E-state index < -0.39 is 0 Å². The van der Waals surface area contributed by atoms with Crippen LogP contribution in [-0.4, -0.2) is 62.1 Å². The number of hydrogen-bond donors (Lipinski definition) is 1. The number of aryl methyl sites for hydroxylation is 1. The minimum absolute atomic E-state index is 0.0155. The lowest BCUT2D eigenvalue weighted by Crippen LogP contribution is -2.39. The van der Waals surface area contributed by atoms with Crippen molar-refractivity contribution in [1.82, 2.24) is 29.2 Å². The van der Waals surface area contributed by atoms with E-state index in [9.17, 15) is 4.79 Å². The van der Waals surface area contributed by atoms with Crippen LogP contribution in [0.2, 0.25) is 0 Å². The number of piperidine rings is 1. The molecule has 9 nitrogen and oxygen atoms in total. The molecule has 0 bridgehead atoms. The van der Waals surface area contributed by atoms with Crippen molar-refractivity contribution in [2.24, 2.45) is 0 Å². The minimum atomic E-state index is 0.0155. The molecule has 5 rings (SSSR count). The van der Waals surface area contributed by atoms with Crippen LogP contribution in [0, 0.1) is 6.92 Å². The third-order valence-corrected chi connectivity index (χ3v) is 7.14. The maximum Gasteiger partial charge on any atom is 0.329 e. The zero-order valence-electron chi connectivity index (χ0n) is 21.2. The predicted octanol–water partition coefficient (Wildman–Crippen LogP) is 3.78. The number of nitrogens with one attached hydrogen (secondary N) is 1. The molecule has 9 heteroatoms. The first kappa shape index (κ1) is 24.1. The number of imidazole rings is 1. The molecule has 2 aromatic heterocycles. The average Bonchev–Trinajstić information content (AvgIpc) is 3.51. The SMILES string of the molecule is COc1ccc(C)c(OC(C)CCN2CCC(n3c(=O)n(Cc4ncn[nH]4)c4ccccc43)CC2)c1. The fraction of sp³-hybridized carbons (Fsp3) is 0.444. The number of nitrogens with zero attached hydrogens (tertiary/aromatic N) is 5. The van der Waals surface area contributed by atoms with Gasteiger partial charge in [-0.05, 0) is 56.9 Å². The van der Waals surface area contributed by atoms with E-state index in [1.807, 2.05) is 47.0 Å². The van der Waals surface area contributed by atoms with Crippen molar-refractivity contribution < 1.29 is 9.47 Å². The molecule has 1 atom stereocenters. The first-order valence-electron chi connectivity index (χ1n) is 12.6. The third-order valence-electron chi connectivity index (χ3n) is 7.14. The van der Waals surface area contributed by atoms with Gasteiger partial charge in [0.1, 0.15) is 23.7 Å². The van der Waals surface area contributed by atoms with Crippen molar-refractivity contribution >= 4 is 11.0 Å². The largest absolute Gasteiger partial charge is 0.497 e. The molecule has 36 heavy (non-hydrogen) atoms. The van der Waals surface area contributed by atoms with E-state index in [2.05, 4.69) is 33.9 Å². The Morgan fingerprint density at radius 1 is 1.14 bits per heavy atom. The summed E-state index contributed by atoms with van der Waals surface area (Å²) < 4.78 is 15.3. The highest BCUT2D eigenvalue weighted by atomic mass is 16.5. The highest BCUT2D eigenvalue weighted by Gasteiger charge is 2.25. The number of aromatic nitrogens is 5. The van der Waals surface area contributed by atoms with Gasteiger partial charge >= 0.3 is 5.69 Å². The molecule has 0 spiro atoms. The lowest BCUT2D eigenvalue weighted by molar-refractivity contribution is 0.146. The Morgan fingerprint density at radius 2 is 1.92 bits per heavy atom. The molecule has 0 aliphatic carbocycles. The van der Waals surface area contributed by atoms with Crippen molar-refractivity contribution in [3.63, 3.8) is 0 Å². The van der Waals surface area contributed by atoms with E-state index >= 15 is 0 Å². The van der Waals surface area contributed by atoms with Crippen LogP contribution < -0.4 is 15.2 Å². The lowest BCUT2D eigenvalue weighted by atomic mass is 10.0. The maximum absolute atomic E-state index is 13.5. The molecule has 0 radical (unpaired) electrons. The first-order chi connectivity index (χ1) is 17.5. The number of ether oxygens (including phenoxy) is 2. The molecule has 2 aromatic carbocycles. The maximum atomic E-state index is 13.5. The molecule has 0 saturated carbocycles. The number of hydrogen-bond acceptors (Lipinski definition) is 6.